The normalized spacial score (nSPS) is 17.6. The van der Waals surface area contributed by atoms with Gasteiger partial charge in [0.05, 0.1) is 12.8 Å². The zero-order chi connectivity index (χ0) is 16.4. The second-order valence-electron chi connectivity index (χ2n) is 5.86. The number of hydrogen-bond donors (Lipinski definition) is 1. The van der Waals surface area contributed by atoms with Crippen LogP contribution in [0.1, 0.15) is 12.0 Å². The van der Waals surface area contributed by atoms with Gasteiger partial charge in [-0.25, -0.2) is 0 Å². The minimum atomic E-state index is 0.225. The SMILES string of the molecule is COc1cc(Cl)cc(C)c1-c1ccc(N2CC[C@H](CO)C2)nn1. The van der Waals surface area contributed by atoms with Gasteiger partial charge in [-0.15, -0.1) is 10.2 Å². The fraction of sp³-hybridized carbons (Fsp3) is 0.412. The largest absolute Gasteiger partial charge is 0.496 e. The van der Waals surface area contributed by atoms with Crippen molar-refractivity contribution in [1.82, 2.24) is 10.2 Å². The van der Waals surface area contributed by atoms with Crippen LogP contribution in [0.5, 0.6) is 5.75 Å². The maximum absolute atomic E-state index is 9.25. The monoisotopic (exact) mass is 333 g/mol. The second-order valence-corrected chi connectivity index (χ2v) is 6.30. The number of aliphatic hydroxyl groups excluding tert-OH is 1. The van der Waals surface area contributed by atoms with Crippen molar-refractivity contribution in [3.05, 3.63) is 34.9 Å². The van der Waals surface area contributed by atoms with E-state index in [1.165, 1.54) is 0 Å². The molecule has 1 fully saturated rings. The van der Waals surface area contributed by atoms with Gasteiger partial charge in [0.15, 0.2) is 5.82 Å². The molecule has 0 unspecified atom stereocenters. The van der Waals surface area contributed by atoms with Gasteiger partial charge < -0.3 is 14.7 Å². The van der Waals surface area contributed by atoms with E-state index in [1.807, 2.05) is 25.1 Å². The zero-order valence-corrected chi connectivity index (χ0v) is 14.0. The predicted octanol–water partition coefficient (Wildman–Crippen LogP) is 2.93. The molecule has 1 aliphatic rings. The molecule has 1 N–H and O–H groups in total. The van der Waals surface area contributed by atoms with Crippen LogP contribution in [0.25, 0.3) is 11.3 Å². The van der Waals surface area contributed by atoms with Gasteiger partial charge in [-0.2, -0.15) is 0 Å². The van der Waals surface area contributed by atoms with E-state index in [-0.39, 0.29) is 6.61 Å². The number of benzene rings is 1. The smallest absolute Gasteiger partial charge is 0.151 e. The first-order valence-electron chi connectivity index (χ1n) is 7.66. The van der Waals surface area contributed by atoms with Crippen molar-refractivity contribution >= 4 is 17.4 Å². The molecule has 0 radical (unpaired) electrons. The lowest BCUT2D eigenvalue weighted by atomic mass is 10.0. The summed E-state index contributed by atoms with van der Waals surface area (Å²) in [5.41, 5.74) is 2.67. The summed E-state index contributed by atoms with van der Waals surface area (Å²) < 4.78 is 5.43. The maximum Gasteiger partial charge on any atom is 0.151 e. The lowest BCUT2D eigenvalue weighted by molar-refractivity contribution is 0.238. The molecule has 0 amide bonds. The number of methoxy groups -OCH3 is 1. The second kappa shape index (κ2) is 6.72. The number of aliphatic hydroxyl groups is 1. The summed E-state index contributed by atoms with van der Waals surface area (Å²) in [6, 6.07) is 7.59. The first-order valence-corrected chi connectivity index (χ1v) is 8.04. The molecule has 23 heavy (non-hydrogen) atoms. The topological polar surface area (TPSA) is 58.5 Å². The van der Waals surface area contributed by atoms with Crippen molar-refractivity contribution < 1.29 is 9.84 Å². The molecule has 0 saturated carbocycles. The fourth-order valence-corrected chi connectivity index (χ4v) is 3.28. The molecule has 1 aromatic heterocycles. The van der Waals surface area contributed by atoms with Crippen LogP contribution < -0.4 is 9.64 Å². The highest BCUT2D eigenvalue weighted by molar-refractivity contribution is 6.31. The lowest BCUT2D eigenvalue weighted by Gasteiger charge is -2.17. The molecule has 5 nitrogen and oxygen atoms in total. The summed E-state index contributed by atoms with van der Waals surface area (Å²) in [5, 5.41) is 18.6. The van der Waals surface area contributed by atoms with Crippen molar-refractivity contribution in [2.45, 2.75) is 13.3 Å². The number of rotatable bonds is 4. The average Bonchev–Trinajstić information content (AvgIpc) is 3.03. The summed E-state index contributed by atoms with van der Waals surface area (Å²) in [5.74, 6) is 1.86. The van der Waals surface area contributed by atoms with Gasteiger partial charge in [0.1, 0.15) is 5.75 Å². The third-order valence-corrected chi connectivity index (χ3v) is 4.48. The third kappa shape index (κ3) is 3.26. The Balaban J connectivity index is 1.89. The molecule has 0 spiro atoms. The molecular weight excluding hydrogens is 314 g/mol. The Morgan fingerprint density at radius 2 is 2.17 bits per heavy atom. The van der Waals surface area contributed by atoms with E-state index in [4.69, 9.17) is 16.3 Å². The van der Waals surface area contributed by atoms with E-state index in [0.717, 1.165) is 42.1 Å². The number of aryl methyl sites for hydroxylation is 1. The standard InChI is InChI=1S/C17H20ClN3O2/c1-11-7-13(18)8-15(23-2)17(11)14-3-4-16(20-19-14)21-6-5-12(9-21)10-22/h3-4,7-8,12,22H,5-6,9-10H2,1-2H3/t12-/m0/s1. The molecule has 0 bridgehead atoms. The number of hydrogen-bond acceptors (Lipinski definition) is 5. The van der Waals surface area contributed by atoms with Crippen LogP contribution in [0.2, 0.25) is 5.02 Å². The van der Waals surface area contributed by atoms with Crippen molar-refractivity contribution in [2.24, 2.45) is 5.92 Å². The molecular formula is C17H20ClN3O2. The molecule has 6 heteroatoms. The Labute approximate surface area is 140 Å². The van der Waals surface area contributed by atoms with Crippen LogP contribution in [-0.4, -0.2) is 42.1 Å². The quantitative estimate of drug-likeness (QED) is 0.932. The van der Waals surface area contributed by atoms with E-state index >= 15 is 0 Å². The Morgan fingerprint density at radius 3 is 2.78 bits per heavy atom. The van der Waals surface area contributed by atoms with Crippen LogP contribution in [-0.2, 0) is 0 Å². The summed E-state index contributed by atoms with van der Waals surface area (Å²) in [6.45, 7) is 3.94. The van der Waals surface area contributed by atoms with Gasteiger partial charge in [-0.1, -0.05) is 11.6 Å². The van der Waals surface area contributed by atoms with Crippen molar-refractivity contribution in [3.63, 3.8) is 0 Å². The van der Waals surface area contributed by atoms with E-state index in [2.05, 4.69) is 15.1 Å². The van der Waals surface area contributed by atoms with E-state index in [1.54, 1.807) is 13.2 Å². The van der Waals surface area contributed by atoms with Crippen LogP contribution >= 0.6 is 11.6 Å². The number of nitrogens with zero attached hydrogens (tertiary/aromatic N) is 3. The summed E-state index contributed by atoms with van der Waals surface area (Å²) in [6.07, 6.45) is 0.990. The molecule has 0 aliphatic carbocycles. The number of aromatic nitrogens is 2. The number of halogens is 1. The number of ether oxygens (including phenoxy) is 1. The van der Waals surface area contributed by atoms with Gasteiger partial charge >= 0.3 is 0 Å². The molecule has 1 aromatic carbocycles. The number of anilines is 1. The van der Waals surface area contributed by atoms with E-state index in [0.29, 0.717) is 16.7 Å². The first-order chi connectivity index (χ1) is 11.1. The highest BCUT2D eigenvalue weighted by atomic mass is 35.5. The molecule has 2 heterocycles. The summed E-state index contributed by atoms with van der Waals surface area (Å²) >= 11 is 6.08. The minimum absolute atomic E-state index is 0.225. The third-order valence-electron chi connectivity index (χ3n) is 4.26. The lowest BCUT2D eigenvalue weighted by Crippen LogP contribution is -2.22. The Bertz CT molecular complexity index is 691. The fourth-order valence-electron chi connectivity index (χ4n) is 3.02. The predicted molar refractivity (Wildman–Crippen MR) is 91.2 cm³/mol. The molecule has 2 aromatic rings. The van der Waals surface area contributed by atoms with Gasteiger partial charge in [0.2, 0.25) is 0 Å². The molecule has 1 atom stereocenters. The van der Waals surface area contributed by atoms with Crippen LogP contribution in [0, 0.1) is 12.8 Å². The highest BCUT2D eigenvalue weighted by Gasteiger charge is 2.23. The van der Waals surface area contributed by atoms with Gasteiger partial charge in [0, 0.05) is 36.2 Å². The highest BCUT2D eigenvalue weighted by Crippen LogP contribution is 2.35. The van der Waals surface area contributed by atoms with Gasteiger partial charge in [-0.3, -0.25) is 0 Å². The van der Waals surface area contributed by atoms with Gasteiger partial charge in [0.25, 0.3) is 0 Å². The van der Waals surface area contributed by atoms with Crippen LogP contribution in [0.3, 0.4) is 0 Å². The van der Waals surface area contributed by atoms with Gasteiger partial charge in [-0.05, 0) is 43.2 Å². The van der Waals surface area contributed by atoms with Crippen LogP contribution in [0.4, 0.5) is 5.82 Å². The Kier molecular flexibility index (Phi) is 4.68. The Morgan fingerprint density at radius 1 is 1.35 bits per heavy atom. The van der Waals surface area contributed by atoms with Crippen molar-refractivity contribution in [2.75, 3.05) is 31.7 Å². The first kappa shape index (κ1) is 16.0. The molecule has 3 rings (SSSR count). The Hall–Kier alpha value is -1.85. The molecule has 1 aliphatic heterocycles. The van der Waals surface area contributed by atoms with E-state index < -0.39 is 0 Å². The van der Waals surface area contributed by atoms with Crippen LogP contribution in [0.15, 0.2) is 24.3 Å². The zero-order valence-electron chi connectivity index (χ0n) is 13.3. The molecule has 122 valence electrons. The average molecular weight is 334 g/mol. The van der Waals surface area contributed by atoms with Crippen molar-refractivity contribution in [1.29, 1.82) is 0 Å². The van der Waals surface area contributed by atoms with E-state index in [9.17, 15) is 5.11 Å². The molecule has 1 saturated heterocycles. The maximum atomic E-state index is 9.25. The summed E-state index contributed by atoms with van der Waals surface area (Å²) in [4.78, 5) is 2.16. The minimum Gasteiger partial charge on any atom is -0.496 e. The summed E-state index contributed by atoms with van der Waals surface area (Å²) in [7, 11) is 1.62. The van der Waals surface area contributed by atoms with Crippen molar-refractivity contribution in [3.8, 4) is 17.0 Å².